The average molecular weight is 377 g/mol. The molecule has 2 N–H and O–H groups in total. The first kappa shape index (κ1) is 18.2. The summed E-state index contributed by atoms with van der Waals surface area (Å²) in [6.45, 7) is 3.40. The number of amides is 2. The number of nitrogens with zero attached hydrogens (tertiary/aromatic N) is 3. The van der Waals surface area contributed by atoms with E-state index < -0.39 is 6.04 Å². The van der Waals surface area contributed by atoms with E-state index in [0.717, 1.165) is 48.1 Å². The molecule has 28 heavy (non-hydrogen) atoms. The van der Waals surface area contributed by atoms with Crippen molar-refractivity contribution in [3.05, 3.63) is 59.8 Å². The third-order valence-electron chi connectivity index (χ3n) is 5.07. The zero-order valence-corrected chi connectivity index (χ0v) is 15.8. The van der Waals surface area contributed by atoms with Crippen molar-refractivity contribution in [3.8, 4) is 0 Å². The minimum atomic E-state index is -0.624. The molecule has 1 aliphatic rings. The van der Waals surface area contributed by atoms with E-state index in [1.807, 2.05) is 30.0 Å². The molecule has 144 valence electrons. The van der Waals surface area contributed by atoms with Crippen molar-refractivity contribution >= 4 is 22.7 Å². The van der Waals surface area contributed by atoms with Crippen LogP contribution < -0.4 is 5.32 Å². The highest BCUT2D eigenvalue weighted by Crippen LogP contribution is 2.16. The summed E-state index contributed by atoms with van der Waals surface area (Å²) in [6.07, 6.45) is 7.56. The molecular formula is C21H23N5O2. The maximum Gasteiger partial charge on any atom is 0.268 e. The van der Waals surface area contributed by atoms with Crippen molar-refractivity contribution < 1.29 is 9.59 Å². The summed E-state index contributed by atoms with van der Waals surface area (Å²) in [7, 11) is 0. The Morgan fingerprint density at radius 1 is 1.25 bits per heavy atom. The molecular weight excluding hydrogens is 354 g/mol. The van der Waals surface area contributed by atoms with Gasteiger partial charge in [0.05, 0.1) is 11.7 Å². The molecule has 3 aromatic heterocycles. The number of aromatic nitrogens is 3. The number of fused-ring (bicyclic) bond motifs is 1. The van der Waals surface area contributed by atoms with E-state index >= 15 is 0 Å². The summed E-state index contributed by atoms with van der Waals surface area (Å²) in [5.41, 5.74) is 3.02. The molecule has 1 atom stereocenters. The smallest absolute Gasteiger partial charge is 0.268 e. The van der Waals surface area contributed by atoms with E-state index in [9.17, 15) is 9.59 Å². The van der Waals surface area contributed by atoms with E-state index in [1.165, 1.54) is 0 Å². The molecule has 1 fully saturated rings. The van der Waals surface area contributed by atoms with E-state index in [1.54, 1.807) is 24.7 Å². The van der Waals surface area contributed by atoms with Gasteiger partial charge < -0.3 is 15.2 Å². The highest BCUT2D eigenvalue weighted by Gasteiger charge is 2.28. The maximum atomic E-state index is 13.0. The van der Waals surface area contributed by atoms with Gasteiger partial charge in [0, 0.05) is 43.0 Å². The van der Waals surface area contributed by atoms with Crippen molar-refractivity contribution in [3.63, 3.8) is 0 Å². The minimum Gasteiger partial charge on any atom is -0.349 e. The Morgan fingerprint density at radius 2 is 2.07 bits per heavy atom. The molecule has 7 heteroatoms. The Hall–Kier alpha value is -3.22. The highest BCUT2D eigenvalue weighted by atomic mass is 16.2. The lowest BCUT2D eigenvalue weighted by Crippen LogP contribution is -2.49. The van der Waals surface area contributed by atoms with Crippen LogP contribution in [0.25, 0.3) is 10.9 Å². The molecule has 1 aliphatic heterocycles. The number of aryl methyl sites for hydroxylation is 1. The summed E-state index contributed by atoms with van der Waals surface area (Å²) >= 11 is 0. The highest BCUT2D eigenvalue weighted by molar-refractivity contribution is 6.00. The number of rotatable bonds is 5. The maximum absolute atomic E-state index is 13.0. The predicted octanol–water partition coefficient (Wildman–Crippen LogP) is 2.23. The number of carbonyl (C=O) groups is 2. The summed E-state index contributed by atoms with van der Waals surface area (Å²) in [4.78, 5) is 39.2. The first-order valence-corrected chi connectivity index (χ1v) is 9.54. The van der Waals surface area contributed by atoms with Gasteiger partial charge in [0.15, 0.2) is 0 Å². The van der Waals surface area contributed by atoms with Gasteiger partial charge in [-0.1, -0.05) is 6.07 Å². The number of hydrogen-bond acceptors (Lipinski definition) is 4. The van der Waals surface area contributed by atoms with Gasteiger partial charge in [0.1, 0.15) is 11.7 Å². The van der Waals surface area contributed by atoms with Gasteiger partial charge in [-0.2, -0.15) is 0 Å². The second-order valence-corrected chi connectivity index (χ2v) is 7.22. The van der Waals surface area contributed by atoms with Gasteiger partial charge >= 0.3 is 0 Å². The van der Waals surface area contributed by atoms with Gasteiger partial charge in [-0.3, -0.25) is 19.6 Å². The number of H-pyrrole nitrogens is 1. The topological polar surface area (TPSA) is 91.0 Å². The number of carbonyl (C=O) groups excluding carboxylic acids is 2. The van der Waals surface area contributed by atoms with Gasteiger partial charge in [-0.25, -0.2) is 0 Å². The van der Waals surface area contributed by atoms with Crippen LogP contribution in [0.5, 0.6) is 0 Å². The molecule has 0 aromatic carbocycles. The zero-order chi connectivity index (χ0) is 19.5. The van der Waals surface area contributed by atoms with Crippen LogP contribution in [0.1, 0.15) is 34.6 Å². The largest absolute Gasteiger partial charge is 0.349 e. The molecule has 1 saturated heterocycles. The van der Waals surface area contributed by atoms with Crippen LogP contribution in [0, 0.1) is 6.92 Å². The van der Waals surface area contributed by atoms with E-state index in [4.69, 9.17) is 0 Å². The van der Waals surface area contributed by atoms with Crippen LogP contribution in [-0.4, -0.2) is 50.8 Å². The fourth-order valence-corrected chi connectivity index (χ4v) is 3.61. The van der Waals surface area contributed by atoms with Crippen LogP contribution in [0.15, 0.2) is 42.9 Å². The molecule has 3 aromatic rings. The molecule has 2 amide bonds. The molecule has 0 radical (unpaired) electrons. The summed E-state index contributed by atoms with van der Waals surface area (Å²) in [6, 6.07) is 6.84. The quantitative estimate of drug-likeness (QED) is 0.713. The number of hydrogen-bond donors (Lipinski definition) is 2. The third kappa shape index (κ3) is 3.88. The van der Waals surface area contributed by atoms with Gasteiger partial charge in [-0.05, 0) is 43.5 Å². The lowest BCUT2D eigenvalue weighted by molar-refractivity contribution is -0.132. The number of likely N-dealkylation sites (tertiary alicyclic amines) is 1. The van der Waals surface area contributed by atoms with E-state index in [-0.39, 0.29) is 11.8 Å². The second kappa shape index (κ2) is 7.80. The minimum absolute atomic E-state index is 0.0386. The number of pyridine rings is 2. The van der Waals surface area contributed by atoms with Crippen LogP contribution >= 0.6 is 0 Å². The number of aromatic amines is 1. The first-order valence-electron chi connectivity index (χ1n) is 9.54. The number of nitrogens with one attached hydrogen (secondary N) is 2. The fourth-order valence-electron chi connectivity index (χ4n) is 3.61. The van der Waals surface area contributed by atoms with Crippen LogP contribution in [0.3, 0.4) is 0 Å². The van der Waals surface area contributed by atoms with Gasteiger partial charge in [-0.15, -0.1) is 0 Å². The van der Waals surface area contributed by atoms with Gasteiger partial charge in [0.25, 0.3) is 5.91 Å². The Kier molecular flexibility index (Phi) is 5.06. The van der Waals surface area contributed by atoms with E-state index in [0.29, 0.717) is 12.1 Å². The van der Waals surface area contributed by atoms with Crippen molar-refractivity contribution in [1.82, 2.24) is 25.2 Å². The molecule has 0 bridgehead atoms. The Balaban J connectivity index is 1.56. The SMILES string of the molecule is Cc1cc2cc(C(=O)N[C@@H](Cc3cccnc3)C(=O)N3CCCC3)[nH]c2cn1. The standard InChI is InChI=1S/C21H23N5O2/c1-14-9-16-11-17(24-19(16)13-23-14)20(27)25-18(10-15-5-4-6-22-12-15)21(28)26-7-2-3-8-26/h4-6,9,11-13,18,24H,2-3,7-8,10H2,1H3,(H,25,27)/t18-/m0/s1. The Labute approximate surface area is 163 Å². The van der Waals surface area contributed by atoms with Crippen molar-refractivity contribution in [2.24, 2.45) is 0 Å². The van der Waals surface area contributed by atoms with E-state index in [2.05, 4.69) is 20.3 Å². The molecule has 0 aliphatic carbocycles. The zero-order valence-electron chi connectivity index (χ0n) is 15.8. The fraction of sp³-hybridized carbons (Fsp3) is 0.333. The molecule has 4 rings (SSSR count). The molecule has 0 saturated carbocycles. The molecule has 4 heterocycles. The molecule has 7 nitrogen and oxygen atoms in total. The van der Waals surface area contributed by atoms with Crippen molar-refractivity contribution in [2.75, 3.05) is 13.1 Å². The monoisotopic (exact) mass is 377 g/mol. The summed E-state index contributed by atoms with van der Waals surface area (Å²) < 4.78 is 0. The summed E-state index contributed by atoms with van der Waals surface area (Å²) in [5.74, 6) is -0.335. The van der Waals surface area contributed by atoms with Crippen molar-refractivity contribution in [2.45, 2.75) is 32.2 Å². The lowest BCUT2D eigenvalue weighted by atomic mass is 10.1. The van der Waals surface area contributed by atoms with Crippen LogP contribution in [0.4, 0.5) is 0 Å². The third-order valence-corrected chi connectivity index (χ3v) is 5.07. The summed E-state index contributed by atoms with van der Waals surface area (Å²) in [5, 5.41) is 3.85. The Bertz CT molecular complexity index is 992. The average Bonchev–Trinajstić information content (AvgIpc) is 3.37. The predicted molar refractivity (Wildman–Crippen MR) is 106 cm³/mol. The lowest BCUT2D eigenvalue weighted by Gasteiger charge is -2.24. The first-order chi connectivity index (χ1) is 13.6. The van der Waals surface area contributed by atoms with Crippen LogP contribution in [0.2, 0.25) is 0 Å². The second-order valence-electron chi connectivity index (χ2n) is 7.22. The normalized spacial score (nSPS) is 15.0. The van der Waals surface area contributed by atoms with Crippen LogP contribution in [-0.2, 0) is 11.2 Å². The van der Waals surface area contributed by atoms with Crippen molar-refractivity contribution in [1.29, 1.82) is 0 Å². The molecule has 0 unspecified atom stereocenters. The van der Waals surface area contributed by atoms with Gasteiger partial charge in [0.2, 0.25) is 5.91 Å². The molecule has 0 spiro atoms. The Morgan fingerprint density at radius 3 is 2.82 bits per heavy atom.